The van der Waals surface area contributed by atoms with Crippen molar-refractivity contribution in [2.75, 3.05) is 12.0 Å². The lowest BCUT2D eigenvalue weighted by Crippen LogP contribution is -2.32. The second kappa shape index (κ2) is 7.44. The molecule has 0 aliphatic rings. The number of rotatable bonds is 5. The second-order valence-electron chi connectivity index (χ2n) is 6.28. The predicted octanol–water partition coefficient (Wildman–Crippen LogP) is 3.98. The molecule has 4 aromatic rings. The lowest BCUT2D eigenvalue weighted by atomic mass is 10.1. The van der Waals surface area contributed by atoms with Crippen LogP contribution in [0.15, 0.2) is 82.2 Å². The summed E-state index contributed by atoms with van der Waals surface area (Å²) in [4.78, 5) is 30.0. The average molecular weight is 374 g/mol. The average Bonchev–Trinajstić information content (AvgIpc) is 3.27. The summed E-state index contributed by atoms with van der Waals surface area (Å²) in [5.74, 6) is 0.584. The monoisotopic (exact) mass is 374 g/mol. The van der Waals surface area contributed by atoms with E-state index in [1.807, 2.05) is 36.4 Å². The van der Waals surface area contributed by atoms with Gasteiger partial charge in [0.2, 0.25) is 0 Å². The van der Waals surface area contributed by atoms with Crippen LogP contribution in [0.1, 0.15) is 16.1 Å². The fourth-order valence-corrected chi connectivity index (χ4v) is 3.07. The van der Waals surface area contributed by atoms with Crippen LogP contribution < -0.4 is 15.2 Å². The minimum absolute atomic E-state index is 0.103. The molecule has 0 saturated carbocycles. The lowest BCUT2D eigenvalue weighted by Gasteiger charge is -2.21. The van der Waals surface area contributed by atoms with Crippen molar-refractivity contribution >= 4 is 22.5 Å². The van der Waals surface area contributed by atoms with E-state index in [0.717, 1.165) is 5.39 Å². The van der Waals surface area contributed by atoms with Crippen LogP contribution in [0.3, 0.4) is 0 Å². The molecule has 0 aliphatic carbocycles. The zero-order valence-corrected chi connectivity index (χ0v) is 15.2. The lowest BCUT2D eigenvalue weighted by molar-refractivity contribution is 0.0958. The van der Waals surface area contributed by atoms with Gasteiger partial charge in [0, 0.05) is 22.2 Å². The zero-order chi connectivity index (χ0) is 19.5. The number of methoxy groups -OCH3 is 1. The molecule has 6 nitrogen and oxygen atoms in total. The number of pyridine rings is 1. The van der Waals surface area contributed by atoms with E-state index in [1.54, 1.807) is 37.4 Å². The van der Waals surface area contributed by atoms with Crippen LogP contribution in [0.5, 0.6) is 5.75 Å². The van der Waals surface area contributed by atoms with Gasteiger partial charge in [-0.05, 0) is 48.5 Å². The topological polar surface area (TPSA) is 75.5 Å². The Morgan fingerprint density at radius 3 is 2.61 bits per heavy atom. The number of aromatic amines is 1. The number of hydrogen-bond donors (Lipinski definition) is 1. The normalized spacial score (nSPS) is 10.8. The molecule has 0 radical (unpaired) electrons. The minimum atomic E-state index is -0.318. The van der Waals surface area contributed by atoms with Gasteiger partial charge in [-0.3, -0.25) is 9.59 Å². The molecule has 28 heavy (non-hydrogen) atoms. The number of aromatic nitrogens is 1. The number of para-hydroxylation sites is 1. The fourth-order valence-electron chi connectivity index (χ4n) is 3.07. The summed E-state index contributed by atoms with van der Waals surface area (Å²) < 4.78 is 10.5. The highest BCUT2D eigenvalue weighted by Gasteiger charge is 2.21. The standard InChI is InChI=1S/C22H18N2O4/c1-27-18-9-10-19-15(13-18)12-16(21(25)23-19)14-24(17-6-3-2-4-7-17)22(26)20-8-5-11-28-20/h2-13H,14H2,1H3,(H,23,25). The molecule has 0 fully saturated rings. The highest BCUT2D eigenvalue weighted by atomic mass is 16.5. The summed E-state index contributed by atoms with van der Waals surface area (Å²) in [5.41, 5.74) is 1.60. The highest BCUT2D eigenvalue weighted by Crippen LogP contribution is 2.22. The van der Waals surface area contributed by atoms with Crippen molar-refractivity contribution in [3.05, 3.63) is 94.7 Å². The van der Waals surface area contributed by atoms with Crippen LogP contribution >= 0.6 is 0 Å². The van der Waals surface area contributed by atoms with Crippen molar-refractivity contribution < 1.29 is 13.9 Å². The van der Waals surface area contributed by atoms with Crippen molar-refractivity contribution in [3.63, 3.8) is 0 Å². The number of ether oxygens (including phenoxy) is 1. The molecule has 1 N–H and O–H groups in total. The van der Waals surface area contributed by atoms with Crippen LogP contribution in [0, 0.1) is 0 Å². The van der Waals surface area contributed by atoms with Gasteiger partial charge >= 0.3 is 0 Å². The molecule has 0 spiro atoms. The van der Waals surface area contributed by atoms with E-state index >= 15 is 0 Å². The van der Waals surface area contributed by atoms with Crippen molar-refractivity contribution in [2.24, 2.45) is 0 Å². The first-order chi connectivity index (χ1) is 13.7. The second-order valence-corrected chi connectivity index (χ2v) is 6.28. The summed E-state index contributed by atoms with van der Waals surface area (Å²) in [6.07, 6.45) is 1.45. The highest BCUT2D eigenvalue weighted by molar-refractivity contribution is 6.04. The number of nitrogens with zero attached hydrogens (tertiary/aromatic N) is 1. The van der Waals surface area contributed by atoms with E-state index < -0.39 is 0 Å². The molecule has 0 aliphatic heterocycles. The van der Waals surface area contributed by atoms with Gasteiger partial charge in [0.15, 0.2) is 5.76 Å². The van der Waals surface area contributed by atoms with Crippen LogP contribution in [0.25, 0.3) is 10.9 Å². The molecule has 2 aromatic carbocycles. The van der Waals surface area contributed by atoms with Gasteiger partial charge in [0.05, 0.1) is 19.9 Å². The Morgan fingerprint density at radius 2 is 1.89 bits per heavy atom. The summed E-state index contributed by atoms with van der Waals surface area (Å²) in [6.45, 7) is 0.103. The predicted molar refractivity (Wildman–Crippen MR) is 107 cm³/mol. The number of carbonyl (C=O) groups is 1. The van der Waals surface area contributed by atoms with Crippen LogP contribution in [0.4, 0.5) is 5.69 Å². The Morgan fingerprint density at radius 1 is 1.07 bits per heavy atom. The number of H-pyrrole nitrogens is 1. The van der Waals surface area contributed by atoms with Crippen molar-refractivity contribution in [1.82, 2.24) is 4.98 Å². The molecular weight excluding hydrogens is 356 g/mol. The number of fused-ring (bicyclic) bond motifs is 1. The molecule has 0 atom stereocenters. The van der Waals surface area contributed by atoms with Gasteiger partial charge < -0.3 is 19.0 Å². The molecule has 6 heteroatoms. The molecule has 0 unspecified atom stereocenters. The molecule has 0 bridgehead atoms. The maximum Gasteiger partial charge on any atom is 0.294 e. The quantitative estimate of drug-likeness (QED) is 0.573. The largest absolute Gasteiger partial charge is 0.497 e. The molecule has 2 aromatic heterocycles. The molecule has 2 heterocycles. The molecular formula is C22H18N2O4. The fraction of sp³-hybridized carbons (Fsp3) is 0.0909. The van der Waals surface area contributed by atoms with Crippen molar-refractivity contribution in [2.45, 2.75) is 6.54 Å². The van der Waals surface area contributed by atoms with E-state index in [9.17, 15) is 9.59 Å². The first-order valence-electron chi connectivity index (χ1n) is 8.76. The molecule has 0 saturated heterocycles. The van der Waals surface area contributed by atoms with Gasteiger partial charge in [-0.15, -0.1) is 0 Å². The van der Waals surface area contributed by atoms with Crippen LogP contribution in [-0.2, 0) is 6.54 Å². The third-order valence-corrected chi connectivity index (χ3v) is 4.50. The number of benzene rings is 2. The maximum atomic E-state index is 13.0. The Labute approximate surface area is 161 Å². The van der Waals surface area contributed by atoms with Gasteiger partial charge in [-0.2, -0.15) is 0 Å². The molecule has 4 rings (SSSR count). The van der Waals surface area contributed by atoms with E-state index in [4.69, 9.17) is 9.15 Å². The summed E-state index contributed by atoms with van der Waals surface area (Å²) in [5, 5.41) is 0.826. The summed E-state index contributed by atoms with van der Waals surface area (Å²) in [7, 11) is 1.59. The Kier molecular flexibility index (Phi) is 4.68. The first kappa shape index (κ1) is 17.6. The smallest absolute Gasteiger partial charge is 0.294 e. The van der Waals surface area contributed by atoms with E-state index in [0.29, 0.717) is 22.5 Å². The van der Waals surface area contributed by atoms with E-state index in [1.165, 1.54) is 11.2 Å². The van der Waals surface area contributed by atoms with Crippen molar-refractivity contribution in [3.8, 4) is 5.75 Å². The maximum absolute atomic E-state index is 13.0. The number of anilines is 1. The Bertz CT molecular complexity index is 1160. The number of carbonyl (C=O) groups excluding carboxylic acids is 1. The number of furan rings is 1. The first-order valence-corrected chi connectivity index (χ1v) is 8.76. The van der Waals surface area contributed by atoms with Gasteiger partial charge in [-0.1, -0.05) is 18.2 Å². The SMILES string of the molecule is COc1ccc2[nH]c(=O)c(CN(C(=O)c3ccco3)c3ccccc3)cc2c1. The molecule has 140 valence electrons. The summed E-state index contributed by atoms with van der Waals surface area (Å²) >= 11 is 0. The number of hydrogen-bond acceptors (Lipinski definition) is 4. The van der Waals surface area contributed by atoms with Gasteiger partial charge in [-0.25, -0.2) is 0 Å². The zero-order valence-electron chi connectivity index (χ0n) is 15.2. The van der Waals surface area contributed by atoms with Gasteiger partial charge in [0.1, 0.15) is 5.75 Å². The van der Waals surface area contributed by atoms with Gasteiger partial charge in [0.25, 0.3) is 11.5 Å². The Balaban J connectivity index is 1.77. The minimum Gasteiger partial charge on any atom is -0.497 e. The van der Waals surface area contributed by atoms with E-state index in [-0.39, 0.29) is 23.8 Å². The van der Waals surface area contributed by atoms with Crippen LogP contribution in [-0.4, -0.2) is 18.0 Å². The third-order valence-electron chi connectivity index (χ3n) is 4.50. The van der Waals surface area contributed by atoms with Crippen molar-refractivity contribution in [1.29, 1.82) is 0 Å². The number of nitrogens with one attached hydrogen (secondary N) is 1. The third kappa shape index (κ3) is 3.40. The summed E-state index contributed by atoms with van der Waals surface area (Å²) in [6, 6.07) is 19.7. The number of amides is 1. The molecule has 1 amide bonds. The van der Waals surface area contributed by atoms with E-state index in [2.05, 4.69) is 4.98 Å². The van der Waals surface area contributed by atoms with Crippen LogP contribution in [0.2, 0.25) is 0 Å². The Hall–Kier alpha value is -3.80.